The van der Waals surface area contributed by atoms with Gasteiger partial charge in [-0.1, -0.05) is 13.8 Å². The van der Waals surface area contributed by atoms with Gasteiger partial charge < -0.3 is 9.84 Å². The minimum absolute atomic E-state index is 0.284. The molecule has 1 N–H and O–H groups in total. The van der Waals surface area contributed by atoms with Crippen molar-refractivity contribution in [1.82, 2.24) is 0 Å². The first-order chi connectivity index (χ1) is 5.53. The zero-order valence-corrected chi connectivity index (χ0v) is 8.08. The maximum Gasteiger partial charge on any atom is 0.0719 e. The minimum atomic E-state index is -0.524. The van der Waals surface area contributed by atoms with Gasteiger partial charge in [0.2, 0.25) is 0 Å². The standard InChI is InChI=1S/C10H18O2/c1-6-8-4-5-9(12-8)7(2)10(6,3)11/h6-9,11H,4-5H2,1-3H3/t6-,7+,8+,9-,10?. The number of rotatable bonds is 0. The zero-order chi connectivity index (χ0) is 8.93. The first-order valence-electron chi connectivity index (χ1n) is 4.91. The molecule has 2 saturated heterocycles. The van der Waals surface area contributed by atoms with Crippen molar-refractivity contribution in [3.8, 4) is 0 Å². The molecule has 2 rings (SSSR count). The van der Waals surface area contributed by atoms with Gasteiger partial charge in [0.05, 0.1) is 17.8 Å². The second-order valence-corrected chi connectivity index (χ2v) is 4.59. The predicted octanol–water partition coefficient (Wildman–Crippen LogP) is 1.57. The Morgan fingerprint density at radius 2 is 1.58 bits per heavy atom. The van der Waals surface area contributed by atoms with Crippen LogP contribution in [0.3, 0.4) is 0 Å². The Bertz CT molecular complexity index is 170. The van der Waals surface area contributed by atoms with Crippen LogP contribution in [0, 0.1) is 11.8 Å². The number of hydrogen-bond donors (Lipinski definition) is 1. The lowest BCUT2D eigenvalue weighted by Gasteiger charge is -2.44. The third-order valence-electron chi connectivity index (χ3n) is 4.04. The van der Waals surface area contributed by atoms with E-state index in [2.05, 4.69) is 13.8 Å². The number of ether oxygens (including phenoxy) is 1. The van der Waals surface area contributed by atoms with E-state index < -0.39 is 5.60 Å². The molecule has 1 unspecified atom stereocenters. The average molecular weight is 170 g/mol. The number of hydrogen-bond acceptors (Lipinski definition) is 2. The summed E-state index contributed by atoms with van der Waals surface area (Å²) in [6, 6.07) is 0. The number of fused-ring (bicyclic) bond motifs is 2. The Labute approximate surface area is 73.9 Å². The average Bonchev–Trinajstić information content (AvgIpc) is 2.45. The van der Waals surface area contributed by atoms with E-state index in [1.807, 2.05) is 6.92 Å². The van der Waals surface area contributed by atoms with Gasteiger partial charge in [0.25, 0.3) is 0 Å². The van der Waals surface area contributed by atoms with Crippen molar-refractivity contribution < 1.29 is 9.84 Å². The molecule has 70 valence electrons. The van der Waals surface area contributed by atoms with Gasteiger partial charge in [-0.25, -0.2) is 0 Å². The molecule has 2 aliphatic heterocycles. The highest BCUT2D eigenvalue weighted by Gasteiger charge is 2.51. The molecule has 2 aliphatic rings. The second-order valence-electron chi connectivity index (χ2n) is 4.59. The topological polar surface area (TPSA) is 29.5 Å². The van der Waals surface area contributed by atoms with Crippen LogP contribution in [-0.2, 0) is 4.74 Å². The monoisotopic (exact) mass is 170 g/mol. The van der Waals surface area contributed by atoms with Crippen LogP contribution in [0.4, 0.5) is 0 Å². The second kappa shape index (κ2) is 2.46. The van der Waals surface area contributed by atoms with Crippen molar-refractivity contribution in [1.29, 1.82) is 0 Å². The Morgan fingerprint density at radius 1 is 1.17 bits per heavy atom. The van der Waals surface area contributed by atoms with Gasteiger partial charge in [0.1, 0.15) is 0 Å². The van der Waals surface area contributed by atoms with Gasteiger partial charge >= 0.3 is 0 Å². The highest BCUT2D eigenvalue weighted by molar-refractivity contribution is 5.00. The summed E-state index contributed by atoms with van der Waals surface area (Å²) >= 11 is 0. The van der Waals surface area contributed by atoms with Crippen LogP contribution in [0.15, 0.2) is 0 Å². The Morgan fingerprint density at radius 3 is 2.00 bits per heavy atom. The molecule has 2 heterocycles. The maximum atomic E-state index is 10.2. The molecule has 2 heteroatoms. The van der Waals surface area contributed by atoms with Crippen LogP contribution in [0.2, 0.25) is 0 Å². The first-order valence-corrected chi connectivity index (χ1v) is 4.91. The van der Waals surface area contributed by atoms with E-state index in [0.29, 0.717) is 12.2 Å². The smallest absolute Gasteiger partial charge is 0.0719 e. The summed E-state index contributed by atoms with van der Waals surface area (Å²) in [6.07, 6.45) is 2.88. The summed E-state index contributed by atoms with van der Waals surface area (Å²) in [5, 5.41) is 10.2. The third kappa shape index (κ3) is 0.944. The normalized spacial score (nSPS) is 59.0. The fraction of sp³-hybridized carbons (Fsp3) is 1.00. The lowest BCUT2D eigenvalue weighted by Crippen LogP contribution is -2.52. The van der Waals surface area contributed by atoms with E-state index in [4.69, 9.17) is 4.74 Å². The van der Waals surface area contributed by atoms with E-state index in [1.165, 1.54) is 0 Å². The molecule has 2 bridgehead atoms. The van der Waals surface area contributed by atoms with Gasteiger partial charge in [-0.2, -0.15) is 0 Å². The fourth-order valence-corrected chi connectivity index (χ4v) is 2.59. The van der Waals surface area contributed by atoms with Crippen molar-refractivity contribution in [3.05, 3.63) is 0 Å². The lowest BCUT2D eigenvalue weighted by molar-refractivity contribution is -0.179. The molecule has 0 radical (unpaired) electrons. The third-order valence-corrected chi connectivity index (χ3v) is 4.04. The van der Waals surface area contributed by atoms with Gasteiger partial charge in [-0.3, -0.25) is 0 Å². The van der Waals surface area contributed by atoms with Gasteiger partial charge in [-0.15, -0.1) is 0 Å². The largest absolute Gasteiger partial charge is 0.389 e. The minimum Gasteiger partial charge on any atom is -0.389 e. The van der Waals surface area contributed by atoms with E-state index in [0.717, 1.165) is 12.8 Å². The Balaban J connectivity index is 2.27. The molecule has 12 heavy (non-hydrogen) atoms. The highest BCUT2D eigenvalue weighted by Crippen LogP contribution is 2.45. The molecule has 0 amide bonds. The van der Waals surface area contributed by atoms with Gasteiger partial charge in [0.15, 0.2) is 0 Å². The zero-order valence-electron chi connectivity index (χ0n) is 8.08. The van der Waals surface area contributed by atoms with E-state index in [-0.39, 0.29) is 11.8 Å². The number of aliphatic hydroxyl groups is 1. The maximum absolute atomic E-state index is 10.2. The Kier molecular flexibility index (Phi) is 1.74. The van der Waals surface area contributed by atoms with Crippen LogP contribution >= 0.6 is 0 Å². The SMILES string of the molecule is C[C@@H]1[C@@H]2CC[C@@H](O2)[C@H](C)C1(C)O. The molecule has 0 aliphatic carbocycles. The molecule has 2 fully saturated rings. The molecule has 0 saturated carbocycles. The first kappa shape index (κ1) is 8.52. The quantitative estimate of drug-likeness (QED) is 0.598. The molecular weight excluding hydrogens is 152 g/mol. The fourth-order valence-electron chi connectivity index (χ4n) is 2.59. The van der Waals surface area contributed by atoms with Crippen LogP contribution in [0.1, 0.15) is 33.6 Å². The van der Waals surface area contributed by atoms with Crippen molar-refractivity contribution >= 4 is 0 Å². The summed E-state index contributed by atoms with van der Waals surface area (Å²) < 4.78 is 5.80. The highest BCUT2D eigenvalue weighted by atomic mass is 16.5. The van der Waals surface area contributed by atoms with Crippen molar-refractivity contribution in [3.63, 3.8) is 0 Å². The summed E-state index contributed by atoms with van der Waals surface area (Å²) in [5.74, 6) is 0.567. The molecule has 0 aromatic rings. The van der Waals surface area contributed by atoms with Crippen LogP contribution in [0.25, 0.3) is 0 Å². The van der Waals surface area contributed by atoms with Crippen LogP contribution < -0.4 is 0 Å². The summed E-state index contributed by atoms with van der Waals surface area (Å²) in [7, 11) is 0. The predicted molar refractivity (Wildman–Crippen MR) is 46.8 cm³/mol. The van der Waals surface area contributed by atoms with Crippen molar-refractivity contribution in [2.24, 2.45) is 11.8 Å². The van der Waals surface area contributed by atoms with E-state index >= 15 is 0 Å². The van der Waals surface area contributed by atoms with Crippen molar-refractivity contribution in [2.75, 3.05) is 0 Å². The molecule has 0 aromatic carbocycles. The summed E-state index contributed by atoms with van der Waals surface area (Å²) in [4.78, 5) is 0. The molecule has 0 spiro atoms. The van der Waals surface area contributed by atoms with E-state index in [9.17, 15) is 5.11 Å². The molecule has 0 aromatic heterocycles. The van der Waals surface area contributed by atoms with Gasteiger partial charge in [-0.05, 0) is 19.8 Å². The van der Waals surface area contributed by atoms with Crippen LogP contribution in [-0.4, -0.2) is 22.9 Å². The molecule has 5 atom stereocenters. The molecule has 2 nitrogen and oxygen atoms in total. The van der Waals surface area contributed by atoms with Crippen LogP contribution in [0.5, 0.6) is 0 Å². The van der Waals surface area contributed by atoms with Gasteiger partial charge in [0, 0.05) is 11.8 Å². The van der Waals surface area contributed by atoms with E-state index in [1.54, 1.807) is 0 Å². The summed E-state index contributed by atoms with van der Waals surface area (Å²) in [5.41, 5.74) is -0.524. The summed E-state index contributed by atoms with van der Waals surface area (Å²) in [6.45, 7) is 6.15. The Hall–Kier alpha value is -0.0800. The van der Waals surface area contributed by atoms with Crippen molar-refractivity contribution in [2.45, 2.75) is 51.4 Å². The molecular formula is C10H18O2. The lowest BCUT2D eigenvalue weighted by atomic mass is 9.75.